The summed E-state index contributed by atoms with van der Waals surface area (Å²) in [4.78, 5) is 17.5. The lowest BCUT2D eigenvalue weighted by molar-refractivity contribution is -0.128. The first kappa shape index (κ1) is 10.1. The van der Waals surface area contributed by atoms with Crippen molar-refractivity contribution in [1.29, 1.82) is 5.26 Å². The molecule has 0 radical (unpaired) electrons. The molecule has 1 saturated heterocycles. The molecule has 2 heterocycles. The second-order valence-corrected chi connectivity index (χ2v) is 4.72. The zero-order valence-electron chi connectivity index (χ0n) is 8.43. The Balaban J connectivity index is 2.02. The SMILES string of the molecule is Cc1nc(CN2CC(C#N)CC2=O)cs1. The minimum Gasteiger partial charge on any atom is -0.335 e. The van der Waals surface area contributed by atoms with Crippen LogP contribution in [0, 0.1) is 24.2 Å². The zero-order valence-corrected chi connectivity index (χ0v) is 9.25. The molecule has 0 aromatic carbocycles. The van der Waals surface area contributed by atoms with E-state index < -0.39 is 0 Å². The topological polar surface area (TPSA) is 57.0 Å². The van der Waals surface area contributed by atoms with Gasteiger partial charge in [0.2, 0.25) is 5.91 Å². The summed E-state index contributed by atoms with van der Waals surface area (Å²) >= 11 is 1.58. The predicted octanol–water partition coefficient (Wildman–Crippen LogP) is 1.32. The molecule has 5 heteroatoms. The van der Waals surface area contributed by atoms with E-state index in [0.717, 1.165) is 10.7 Å². The molecule has 1 aliphatic rings. The first-order chi connectivity index (χ1) is 7.19. The van der Waals surface area contributed by atoms with Crippen LogP contribution in [-0.2, 0) is 11.3 Å². The molecule has 1 amide bonds. The van der Waals surface area contributed by atoms with Crippen LogP contribution in [0.4, 0.5) is 0 Å². The van der Waals surface area contributed by atoms with Crippen LogP contribution in [0.2, 0.25) is 0 Å². The Morgan fingerprint density at radius 1 is 1.80 bits per heavy atom. The average molecular weight is 221 g/mol. The van der Waals surface area contributed by atoms with E-state index in [2.05, 4.69) is 11.1 Å². The van der Waals surface area contributed by atoms with Crippen molar-refractivity contribution in [2.75, 3.05) is 6.54 Å². The number of rotatable bonds is 2. The molecule has 1 aliphatic heterocycles. The number of carbonyl (C=O) groups is 1. The Labute approximate surface area is 92.2 Å². The Kier molecular flexibility index (Phi) is 2.69. The highest BCUT2D eigenvalue weighted by molar-refractivity contribution is 7.09. The summed E-state index contributed by atoms with van der Waals surface area (Å²) in [6.45, 7) is 3.03. The van der Waals surface area contributed by atoms with Crippen molar-refractivity contribution in [3.8, 4) is 6.07 Å². The number of carbonyl (C=O) groups excluding carboxylic acids is 1. The lowest BCUT2D eigenvalue weighted by Crippen LogP contribution is -2.24. The highest BCUT2D eigenvalue weighted by atomic mass is 32.1. The molecule has 0 spiro atoms. The molecule has 1 fully saturated rings. The summed E-state index contributed by atoms with van der Waals surface area (Å²) in [5.41, 5.74) is 0.921. The maximum Gasteiger partial charge on any atom is 0.224 e. The molecule has 1 aromatic rings. The van der Waals surface area contributed by atoms with Crippen LogP contribution >= 0.6 is 11.3 Å². The van der Waals surface area contributed by atoms with Crippen molar-refractivity contribution in [3.05, 3.63) is 16.1 Å². The molecule has 0 N–H and O–H groups in total. The summed E-state index contributed by atoms with van der Waals surface area (Å²) in [7, 11) is 0. The average Bonchev–Trinajstić information content (AvgIpc) is 2.75. The number of likely N-dealkylation sites (tertiary alicyclic amines) is 1. The van der Waals surface area contributed by atoms with Gasteiger partial charge in [0.15, 0.2) is 0 Å². The molecular weight excluding hydrogens is 210 g/mol. The van der Waals surface area contributed by atoms with Crippen molar-refractivity contribution >= 4 is 17.2 Å². The van der Waals surface area contributed by atoms with E-state index in [1.54, 1.807) is 16.2 Å². The van der Waals surface area contributed by atoms with Gasteiger partial charge in [-0.15, -0.1) is 11.3 Å². The summed E-state index contributed by atoms with van der Waals surface area (Å²) in [6, 6.07) is 2.13. The van der Waals surface area contributed by atoms with Gasteiger partial charge < -0.3 is 4.90 Å². The second-order valence-electron chi connectivity index (χ2n) is 3.66. The van der Waals surface area contributed by atoms with Crippen molar-refractivity contribution in [2.45, 2.75) is 19.9 Å². The molecule has 1 atom stereocenters. The van der Waals surface area contributed by atoms with Crippen LogP contribution in [0.25, 0.3) is 0 Å². The summed E-state index contributed by atoms with van der Waals surface area (Å²) < 4.78 is 0. The quantitative estimate of drug-likeness (QED) is 0.757. The van der Waals surface area contributed by atoms with Gasteiger partial charge in [-0.2, -0.15) is 5.26 Å². The monoisotopic (exact) mass is 221 g/mol. The van der Waals surface area contributed by atoms with Crippen molar-refractivity contribution < 1.29 is 4.79 Å². The zero-order chi connectivity index (χ0) is 10.8. The van der Waals surface area contributed by atoms with E-state index in [0.29, 0.717) is 19.5 Å². The molecule has 2 rings (SSSR count). The predicted molar refractivity (Wildman–Crippen MR) is 56.0 cm³/mol. The molecule has 1 aromatic heterocycles. The smallest absolute Gasteiger partial charge is 0.224 e. The lowest BCUT2D eigenvalue weighted by atomic mass is 10.1. The fraction of sp³-hybridized carbons (Fsp3) is 0.500. The van der Waals surface area contributed by atoms with Gasteiger partial charge in [-0.05, 0) is 6.92 Å². The lowest BCUT2D eigenvalue weighted by Gasteiger charge is -2.13. The Morgan fingerprint density at radius 2 is 2.60 bits per heavy atom. The van der Waals surface area contributed by atoms with Gasteiger partial charge in [0.05, 0.1) is 29.2 Å². The number of amides is 1. The normalized spacial score (nSPS) is 20.7. The number of nitrogens with zero attached hydrogens (tertiary/aromatic N) is 3. The Morgan fingerprint density at radius 3 is 3.13 bits per heavy atom. The van der Waals surface area contributed by atoms with E-state index >= 15 is 0 Å². The molecule has 15 heavy (non-hydrogen) atoms. The number of thiazole rings is 1. The van der Waals surface area contributed by atoms with E-state index in [1.165, 1.54) is 0 Å². The molecule has 0 saturated carbocycles. The number of nitriles is 1. The van der Waals surface area contributed by atoms with Crippen LogP contribution in [0.1, 0.15) is 17.1 Å². The first-order valence-electron chi connectivity index (χ1n) is 4.77. The van der Waals surface area contributed by atoms with E-state index in [4.69, 9.17) is 5.26 Å². The summed E-state index contributed by atoms with van der Waals surface area (Å²) in [6.07, 6.45) is 0.361. The number of hydrogen-bond donors (Lipinski definition) is 0. The van der Waals surface area contributed by atoms with E-state index in [-0.39, 0.29) is 11.8 Å². The summed E-state index contributed by atoms with van der Waals surface area (Å²) in [5.74, 6) is -0.0792. The number of aryl methyl sites for hydroxylation is 1. The fourth-order valence-electron chi connectivity index (χ4n) is 1.69. The van der Waals surface area contributed by atoms with Gasteiger partial charge in [0.1, 0.15) is 0 Å². The van der Waals surface area contributed by atoms with Crippen LogP contribution in [0.3, 0.4) is 0 Å². The van der Waals surface area contributed by atoms with Crippen molar-refractivity contribution in [2.24, 2.45) is 5.92 Å². The molecule has 1 unspecified atom stereocenters. The van der Waals surface area contributed by atoms with Crippen LogP contribution in [0.15, 0.2) is 5.38 Å². The minimum atomic E-state index is -0.141. The maximum absolute atomic E-state index is 11.5. The van der Waals surface area contributed by atoms with Gasteiger partial charge in [-0.1, -0.05) is 0 Å². The Bertz CT molecular complexity index is 421. The standard InChI is InChI=1S/C10H11N3OS/c1-7-12-9(6-15-7)5-13-4-8(3-11)2-10(13)14/h6,8H,2,4-5H2,1H3. The highest BCUT2D eigenvalue weighted by Gasteiger charge is 2.29. The van der Waals surface area contributed by atoms with Crippen molar-refractivity contribution in [1.82, 2.24) is 9.88 Å². The van der Waals surface area contributed by atoms with Crippen molar-refractivity contribution in [3.63, 3.8) is 0 Å². The number of aromatic nitrogens is 1. The fourth-order valence-corrected chi connectivity index (χ4v) is 2.29. The van der Waals surface area contributed by atoms with Gasteiger partial charge in [0, 0.05) is 18.3 Å². The van der Waals surface area contributed by atoms with E-state index in [9.17, 15) is 4.79 Å². The molecule has 78 valence electrons. The molecular formula is C10H11N3OS. The van der Waals surface area contributed by atoms with E-state index in [1.807, 2.05) is 12.3 Å². The van der Waals surface area contributed by atoms with Gasteiger partial charge >= 0.3 is 0 Å². The Hall–Kier alpha value is -1.41. The molecule has 0 bridgehead atoms. The van der Waals surface area contributed by atoms with Gasteiger partial charge in [0.25, 0.3) is 0 Å². The van der Waals surface area contributed by atoms with Gasteiger partial charge in [-0.3, -0.25) is 4.79 Å². The maximum atomic E-state index is 11.5. The third-order valence-corrected chi connectivity index (χ3v) is 3.24. The molecule has 0 aliphatic carbocycles. The largest absolute Gasteiger partial charge is 0.335 e. The van der Waals surface area contributed by atoms with Crippen LogP contribution in [0.5, 0.6) is 0 Å². The van der Waals surface area contributed by atoms with Crippen LogP contribution in [-0.4, -0.2) is 22.3 Å². The van der Waals surface area contributed by atoms with Crippen LogP contribution < -0.4 is 0 Å². The third-order valence-electron chi connectivity index (χ3n) is 2.42. The molecule has 4 nitrogen and oxygen atoms in total. The third kappa shape index (κ3) is 2.16. The van der Waals surface area contributed by atoms with Gasteiger partial charge in [-0.25, -0.2) is 4.98 Å². The summed E-state index contributed by atoms with van der Waals surface area (Å²) in [5, 5.41) is 11.7. The highest BCUT2D eigenvalue weighted by Crippen LogP contribution is 2.20. The minimum absolute atomic E-state index is 0.0622. The number of hydrogen-bond acceptors (Lipinski definition) is 4. The second kappa shape index (κ2) is 3.99. The first-order valence-corrected chi connectivity index (χ1v) is 5.65.